The number of ether oxygens (including phenoxy) is 3. The van der Waals surface area contributed by atoms with Gasteiger partial charge in [-0.1, -0.05) is 30.3 Å². The van der Waals surface area contributed by atoms with Gasteiger partial charge in [0.1, 0.15) is 17.9 Å². The van der Waals surface area contributed by atoms with E-state index in [1.807, 2.05) is 30.3 Å². The van der Waals surface area contributed by atoms with Crippen LogP contribution in [-0.2, 0) is 16.1 Å². The maximum Gasteiger partial charge on any atom is 0.341 e. The quantitative estimate of drug-likeness (QED) is 0.727. The molecule has 5 nitrogen and oxygen atoms in total. The van der Waals surface area contributed by atoms with Crippen LogP contribution in [0, 0.1) is 0 Å². The van der Waals surface area contributed by atoms with Crippen molar-refractivity contribution in [1.29, 1.82) is 0 Å². The van der Waals surface area contributed by atoms with Crippen molar-refractivity contribution in [1.82, 2.24) is 0 Å². The molecule has 0 radical (unpaired) electrons. The summed E-state index contributed by atoms with van der Waals surface area (Å²) in [5, 5.41) is 0. The summed E-state index contributed by atoms with van der Waals surface area (Å²) in [6.45, 7) is 4.28. The number of hydrogen-bond acceptors (Lipinski definition) is 5. The van der Waals surface area contributed by atoms with Crippen molar-refractivity contribution in [3.05, 3.63) is 65.2 Å². The summed E-state index contributed by atoms with van der Waals surface area (Å²) in [6, 6.07) is 14.1. The average molecular weight is 328 g/mol. The van der Waals surface area contributed by atoms with Crippen LogP contribution in [0.25, 0.3) is 0 Å². The van der Waals surface area contributed by atoms with Crippen molar-refractivity contribution in [3.63, 3.8) is 0 Å². The molecule has 0 aliphatic heterocycles. The Labute approximate surface area is 141 Å². The summed E-state index contributed by atoms with van der Waals surface area (Å²) >= 11 is 0. The number of carbonyl (C=O) groups is 2. The maximum absolute atomic E-state index is 12.1. The van der Waals surface area contributed by atoms with E-state index in [1.165, 1.54) is 18.2 Å². The molecule has 0 spiro atoms. The number of rotatable bonds is 7. The first-order chi connectivity index (χ1) is 11.7. The van der Waals surface area contributed by atoms with Crippen LogP contribution in [0.1, 0.15) is 40.1 Å². The second-order valence-corrected chi connectivity index (χ2v) is 4.93. The highest BCUT2D eigenvalue weighted by Gasteiger charge is 2.17. The Hall–Kier alpha value is -2.82. The Kier molecular flexibility index (Phi) is 6.37. The average Bonchev–Trinajstić information content (AvgIpc) is 2.61. The summed E-state index contributed by atoms with van der Waals surface area (Å²) in [7, 11) is 0. The summed E-state index contributed by atoms with van der Waals surface area (Å²) in [6.07, 6.45) is 0. The third kappa shape index (κ3) is 4.59. The molecule has 0 amide bonds. The van der Waals surface area contributed by atoms with E-state index in [1.54, 1.807) is 13.8 Å². The van der Waals surface area contributed by atoms with Gasteiger partial charge in [-0.25, -0.2) is 9.59 Å². The lowest BCUT2D eigenvalue weighted by molar-refractivity contribution is 0.0507. The Morgan fingerprint density at radius 3 is 2.21 bits per heavy atom. The fourth-order valence-corrected chi connectivity index (χ4v) is 2.10. The molecular weight excluding hydrogens is 308 g/mol. The number of carbonyl (C=O) groups excluding carboxylic acids is 2. The van der Waals surface area contributed by atoms with Crippen molar-refractivity contribution < 1.29 is 23.8 Å². The van der Waals surface area contributed by atoms with Gasteiger partial charge < -0.3 is 14.2 Å². The standard InChI is InChI=1S/C19H20O5/c1-3-22-18(20)15-10-11-16(19(21)23-4-2)17(12-15)24-13-14-8-6-5-7-9-14/h5-12H,3-4,13H2,1-2H3. The normalized spacial score (nSPS) is 10.1. The first kappa shape index (κ1) is 17.5. The molecular formula is C19H20O5. The molecule has 24 heavy (non-hydrogen) atoms. The molecule has 0 N–H and O–H groups in total. The van der Waals surface area contributed by atoms with E-state index in [-0.39, 0.29) is 25.4 Å². The molecule has 126 valence electrons. The van der Waals surface area contributed by atoms with Gasteiger partial charge in [0, 0.05) is 0 Å². The van der Waals surface area contributed by atoms with E-state index in [0.717, 1.165) is 5.56 Å². The van der Waals surface area contributed by atoms with Gasteiger partial charge in [-0.3, -0.25) is 0 Å². The van der Waals surface area contributed by atoms with Crippen molar-refractivity contribution in [3.8, 4) is 5.75 Å². The topological polar surface area (TPSA) is 61.8 Å². The highest BCUT2D eigenvalue weighted by molar-refractivity contribution is 5.96. The molecule has 0 unspecified atom stereocenters. The molecule has 0 aliphatic carbocycles. The number of hydrogen-bond donors (Lipinski definition) is 0. The zero-order valence-corrected chi connectivity index (χ0v) is 13.8. The molecule has 2 rings (SSSR count). The first-order valence-corrected chi connectivity index (χ1v) is 7.80. The van der Waals surface area contributed by atoms with Gasteiger partial charge in [0.25, 0.3) is 0 Å². The van der Waals surface area contributed by atoms with Crippen LogP contribution in [-0.4, -0.2) is 25.2 Å². The third-order valence-corrected chi connectivity index (χ3v) is 3.23. The Bertz CT molecular complexity index is 694. The molecule has 0 heterocycles. The lowest BCUT2D eigenvalue weighted by Crippen LogP contribution is -2.10. The molecule has 5 heteroatoms. The van der Waals surface area contributed by atoms with Crippen LogP contribution in [0.4, 0.5) is 0 Å². The molecule has 0 aliphatic rings. The molecule has 2 aromatic rings. The summed E-state index contributed by atoms with van der Waals surface area (Å²) in [5.41, 5.74) is 1.56. The van der Waals surface area contributed by atoms with Gasteiger partial charge in [0.15, 0.2) is 0 Å². The Morgan fingerprint density at radius 1 is 0.875 bits per heavy atom. The first-order valence-electron chi connectivity index (χ1n) is 7.80. The van der Waals surface area contributed by atoms with Crippen molar-refractivity contribution in [2.75, 3.05) is 13.2 Å². The molecule has 0 saturated carbocycles. The van der Waals surface area contributed by atoms with Crippen LogP contribution >= 0.6 is 0 Å². The second kappa shape index (κ2) is 8.72. The van der Waals surface area contributed by atoms with Crippen LogP contribution in [0.2, 0.25) is 0 Å². The minimum atomic E-state index is -0.490. The zero-order valence-electron chi connectivity index (χ0n) is 13.8. The fourth-order valence-electron chi connectivity index (χ4n) is 2.10. The molecule has 0 bridgehead atoms. The van der Waals surface area contributed by atoms with Crippen molar-refractivity contribution in [2.24, 2.45) is 0 Å². The van der Waals surface area contributed by atoms with Gasteiger partial charge in [-0.2, -0.15) is 0 Å². The molecule has 2 aromatic carbocycles. The van der Waals surface area contributed by atoms with Gasteiger partial charge in [0.05, 0.1) is 18.8 Å². The Morgan fingerprint density at radius 2 is 1.54 bits per heavy atom. The van der Waals surface area contributed by atoms with Crippen LogP contribution in [0.15, 0.2) is 48.5 Å². The predicted octanol–water partition coefficient (Wildman–Crippen LogP) is 3.62. The SMILES string of the molecule is CCOC(=O)c1ccc(C(=O)OCC)c(OCc2ccccc2)c1. The van der Waals surface area contributed by atoms with Gasteiger partial charge in [0.2, 0.25) is 0 Å². The molecule has 0 atom stereocenters. The van der Waals surface area contributed by atoms with Crippen molar-refractivity contribution >= 4 is 11.9 Å². The van der Waals surface area contributed by atoms with Gasteiger partial charge in [-0.15, -0.1) is 0 Å². The lowest BCUT2D eigenvalue weighted by Gasteiger charge is -2.12. The second-order valence-electron chi connectivity index (χ2n) is 4.93. The summed E-state index contributed by atoms with van der Waals surface area (Å²) in [4.78, 5) is 23.9. The minimum absolute atomic E-state index is 0.261. The molecule has 0 saturated heterocycles. The largest absolute Gasteiger partial charge is 0.488 e. The molecule has 0 fully saturated rings. The summed E-state index contributed by atoms with van der Waals surface area (Å²) < 4.78 is 15.8. The van der Waals surface area contributed by atoms with E-state index in [0.29, 0.717) is 11.3 Å². The highest BCUT2D eigenvalue weighted by Crippen LogP contribution is 2.23. The zero-order chi connectivity index (χ0) is 17.4. The summed E-state index contributed by atoms with van der Waals surface area (Å²) in [5.74, 6) is -0.656. The van der Waals surface area contributed by atoms with Gasteiger partial charge >= 0.3 is 11.9 Å². The maximum atomic E-state index is 12.1. The van der Waals surface area contributed by atoms with Crippen LogP contribution in [0.3, 0.4) is 0 Å². The fraction of sp³-hybridized carbons (Fsp3) is 0.263. The minimum Gasteiger partial charge on any atom is -0.488 e. The van der Waals surface area contributed by atoms with E-state index in [4.69, 9.17) is 14.2 Å². The highest BCUT2D eigenvalue weighted by atomic mass is 16.5. The van der Waals surface area contributed by atoms with Crippen molar-refractivity contribution in [2.45, 2.75) is 20.5 Å². The number of esters is 2. The van der Waals surface area contributed by atoms with E-state index < -0.39 is 11.9 Å². The van der Waals surface area contributed by atoms with E-state index >= 15 is 0 Å². The number of benzene rings is 2. The van der Waals surface area contributed by atoms with Crippen LogP contribution in [0.5, 0.6) is 5.75 Å². The van der Waals surface area contributed by atoms with E-state index in [9.17, 15) is 9.59 Å². The van der Waals surface area contributed by atoms with E-state index in [2.05, 4.69) is 0 Å². The smallest absolute Gasteiger partial charge is 0.341 e. The molecule has 0 aromatic heterocycles. The third-order valence-electron chi connectivity index (χ3n) is 3.23. The predicted molar refractivity (Wildman–Crippen MR) is 89.1 cm³/mol. The Balaban J connectivity index is 2.26. The van der Waals surface area contributed by atoms with Gasteiger partial charge in [-0.05, 0) is 37.6 Å². The lowest BCUT2D eigenvalue weighted by atomic mass is 10.1. The monoisotopic (exact) mass is 328 g/mol. The van der Waals surface area contributed by atoms with Crippen LogP contribution < -0.4 is 4.74 Å².